The van der Waals surface area contributed by atoms with Gasteiger partial charge in [0, 0.05) is 24.0 Å². The highest BCUT2D eigenvalue weighted by Crippen LogP contribution is 2.25. The molecule has 112 valence electrons. The molecule has 0 spiro atoms. The number of likely N-dealkylation sites (tertiary alicyclic amines) is 1. The molecule has 1 aliphatic rings. The van der Waals surface area contributed by atoms with Crippen LogP contribution < -0.4 is 10.6 Å². The van der Waals surface area contributed by atoms with Gasteiger partial charge in [-0.3, -0.25) is 9.69 Å². The molecule has 1 aromatic heterocycles. The monoisotopic (exact) mass is 295 g/mol. The molecule has 5 heteroatoms. The molecule has 1 fully saturated rings. The summed E-state index contributed by atoms with van der Waals surface area (Å²) in [5.41, 5.74) is 0. The fourth-order valence-corrected chi connectivity index (χ4v) is 3.62. The van der Waals surface area contributed by atoms with E-state index in [-0.39, 0.29) is 11.9 Å². The van der Waals surface area contributed by atoms with Crippen molar-refractivity contribution in [2.24, 2.45) is 5.92 Å². The van der Waals surface area contributed by atoms with Gasteiger partial charge in [-0.2, -0.15) is 0 Å². The molecule has 0 aliphatic carbocycles. The van der Waals surface area contributed by atoms with Gasteiger partial charge in [0.05, 0.1) is 12.6 Å². The Kier molecular flexibility index (Phi) is 5.57. The van der Waals surface area contributed by atoms with E-state index in [1.54, 1.807) is 11.3 Å². The zero-order chi connectivity index (χ0) is 14.5. The van der Waals surface area contributed by atoms with Gasteiger partial charge in [0.2, 0.25) is 5.91 Å². The summed E-state index contributed by atoms with van der Waals surface area (Å²) < 4.78 is 0. The summed E-state index contributed by atoms with van der Waals surface area (Å²) in [6, 6.07) is 4.80. The Bertz CT molecular complexity index is 419. The van der Waals surface area contributed by atoms with Crippen molar-refractivity contribution in [2.45, 2.75) is 32.4 Å². The first-order valence-electron chi connectivity index (χ1n) is 7.32. The highest BCUT2D eigenvalue weighted by molar-refractivity contribution is 7.10. The molecule has 2 rings (SSSR count). The van der Waals surface area contributed by atoms with Gasteiger partial charge < -0.3 is 10.6 Å². The van der Waals surface area contributed by atoms with E-state index < -0.39 is 0 Å². The minimum Gasteiger partial charge on any atom is -0.347 e. The SMILES string of the molecule is CNC1CCN(CC(=O)NC(c2cccs2)C(C)C)C1. The standard InChI is InChI=1S/C15H25N3OS/c1-11(2)15(13-5-4-8-20-13)17-14(19)10-18-7-6-12(9-18)16-3/h4-5,8,11-12,15-16H,6-7,9-10H2,1-3H3,(H,17,19). The van der Waals surface area contributed by atoms with Gasteiger partial charge in [0.1, 0.15) is 0 Å². The number of nitrogens with zero attached hydrogens (tertiary/aromatic N) is 1. The van der Waals surface area contributed by atoms with Crippen molar-refractivity contribution in [2.75, 3.05) is 26.7 Å². The van der Waals surface area contributed by atoms with Crippen LogP contribution in [-0.2, 0) is 4.79 Å². The quantitative estimate of drug-likeness (QED) is 0.842. The molecule has 20 heavy (non-hydrogen) atoms. The minimum absolute atomic E-state index is 0.130. The number of likely N-dealkylation sites (N-methyl/N-ethyl adjacent to an activating group) is 1. The molecule has 1 aliphatic heterocycles. The Balaban J connectivity index is 1.86. The van der Waals surface area contributed by atoms with Crippen molar-refractivity contribution < 1.29 is 4.79 Å². The van der Waals surface area contributed by atoms with Crippen molar-refractivity contribution in [3.8, 4) is 0 Å². The van der Waals surface area contributed by atoms with Gasteiger partial charge in [-0.05, 0) is 30.8 Å². The fraction of sp³-hybridized carbons (Fsp3) is 0.667. The van der Waals surface area contributed by atoms with Gasteiger partial charge in [0.15, 0.2) is 0 Å². The lowest BCUT2D eigenvalue weighted by molar-refractivity contribution is -0.123. The van der Waals surface area contributed by atoms with Crippen LogP contribution >= 0.6 is 11.3 Å². The third-order valence-electron chi connectivity index (χ3n) is 3.88. The Morgan fingerprint density at radius 3 is 2.90 bits per heavy atom. The second-order valence-corrected chi connectivity index (χ2v) is 6.79. The van der Waals surface area contributed by atoms with Crippen LogP contribution in [0.15, 0.2) is 17.5 Å². The first-order valence-corrected chi connectivity index (χ1v) is 8.20. The van der Waals surface area contributed by atoms with Crippen molar-refractivity contribution in [3.63, 3.8) is 0 Å². The molecule has 2 atom stereocenters. The highest BCUT2D eigenvalue weighted by atomic mass is 32.1. The van der Waals surface area contributed by atoms with Crippen LogP contribution in [0.1, 0.15) is 31.2 Å². The van der Waals surface area contributed by atoms with Crippen molar-refractivity contribution in [3.05, 3.63) is 22.4 Å². The third kappa shape index (κ3) is 4.04. The number of hydrogen-bond acceptors (Lipinski definition) is 4. The lowest BCUT2D eigenvalue weighted by Gasteiger charge is -2.23. The summed E-state index contributed by atoms with van der Waals surface area (Å²) in [4.78, 5) is 15.7. The van der Waals surface area contributed by atoms with Gasteiger partial charge >= 0.3 is 0 Å². The number of amides is 1. The molecule has 1 saturated heterocycles. The maximum atomic E-state index is 12.2. The topological polar surface area (TPSA) is 44.4 Å². The van der Waals surface area contributed by atoms with E-state index in [1.165, 1.54) is 4.88 Å². The predicted octanol–water partition coefficient (Wildman–Crippen LogP) is 1.86. The Hall–Kier alpha value is -0.910. The van der Waals surface area contributed by atoms with Gasteiger partial charge in [-0.25, -0.2) is 0 Å². The van der Waals surface area contributed by atoms with Gasteiger partial charge in [-0.15, -0.1) is 11.3 Å². The average Bonchev–Trinajstić information content (AvgIpc) is 3.06. The summed E-state index contributed by atoms with van der Waals surface area (Å²) >= 11 is 1.71. The Labute approximate surface area is 125 Å². The summed E-state index contributed by atoms with van der Waals surface area (Å²) in [6.45, 7) is 6.78. The molecule has 2 heterocycles. The molecule has 1 aromatic rings. The summed E-state index contributed by atoms with van der Waals surface area (Å²) in [6.07, 6.45) is 1.13. The average molecular weight is 295 g/mol. The largest absolute Gasteiger partial charge is 0.347 e. The number of thiophene rings is 1. The van der Waals surface area contributed by atoms with E-state index in [0.29, 0.717) is 18.5 Å². The molecular formula is C15H25N3OS. The normalized spacial score (nSPS) is 21.3. The van der Waals surface area contributed by atoms with Crippen LogP contribution in [0.2, 0.25) is 0 Å². The molecule has 1 amide bonds. The zero-order valence-corrected chi connectivity index (χ0v) is 13.4. The predicted molar refractivity (Wildman–Crippen MR) is 83.9 cm³/mol. The maximum Gasteiger partial charge on any atom is 0.234 e. The molecule has 0 saturated carbocycles. The first-order chi connectivity index (χ1) is 9.60. The van der Waals surface area contributed by atoms with Crippen LogP contribution in [0, 0.1) is 5.92 Å². The smallest absolute Gasteiger partial charge is 0.234 e. The molecular weight excluding hydrogens is 270 g/mol. The fourth-order valence-electron chi connectivity index (χ4n) is 2.67. The second-order valence-electron chi connectivity index (χ2n) is 5.81. The lowest BCUT2D eigenvalue weighted by Crippen LogP contribution is -2.40. The number of rotatable bonds is 6. The third-order valence-corrected chi connectivity index (χ3v) is 4.84. The summed E-state index contributed by atoms with van der Waals surface area (Å²) in [5.74, 6) is 0.537. The number of carbonyl (C=O) groups excluding carboxylic acids is 1. The van der Waals surface area contributed by atoms with E-state index in [4.69, 9.17) is 0 Å². The number of hydrogen-bond donors (Lipinski definition) is 2. The van der Waals surface area contributed by atoms with E-state index in [1.807, 2.05) is 13.1 Å². The number of carbonyl (C=O) groups is 1. The highest BCUT2D eigenvalue weighted by Gasteiger charge is 2.24. The van der Waals surface area contributed by atoms with Crippen LogP contribution in [0.3, 0.4) is 0 Å². The minimum atomic E-state index is 0.130. The Morgan fingerprint density at radius 1 is 1.55 bits per heavy atom. The Morgan fingerprint density at radius 2 is 2.35 bits per heavy atom. The first kappa shape index (κ1) is 15.5. The molecule has 4 nitrogen and oxygen atoms in total. The van der Waals surface area contributed by atoms with Crippen molar-refractivity contribution >= 4 is 17.2 Å². The molecule has 2 unspecified atom stereocenters. The van der Waals surface area contributed by atoms with Crippen molar-refractivity contribution in [1.29, 1.82) is 0 Å². The van der Waals surface area contributed by atoms with E-state index in [2.05, 4.69) is 40.8 Å². The zero-order valence-electron chi connectivity index (χ0n) is 12.6. The molecule has 2 N–H and O–H groups in total. The molecule has 0 radical (unpaired) electrons. The van der Waals surface area contributed by atoms with Crippen molar-refractivity contribution in [1.82, 2.24) is 15.5 Å². The van der Waals surface area contributed by atoms with Crippen LogP contribution in [0.25, 0.3) is 0 Å². The van der Waals surface area contributed by atoms with Gasteiger partial charge in [0.25, 0.3) is 0 Å². The van der Waals surface area contributed by atoms with Crippen LogP contribution in [0.5, 0.6) is 0 Å². The second kappa shape index (κ2) is 7.20. The lowest BCUT2D eigenvalue weighted by atomic mass is 10.0. The van der Waals surface area contributed by atoms with Crippen LogP contribution in [-0.4, -0.2) is 43.5 Å². The molecule has 0 aromatic carbocycles. The number of nitrogens with one attached hydrogen (secondary N) is 2. The maximum absolute atomic E-state index is 12.2. The van der Waals surface area contributed by atoms with E-state index >= 15 is 0 Å². The van der Waals surface area contributed by atoms with E-state index in [0.717, 1.165) is 19.5 Å². The molecule has 0 bridgehead atoms. The van der Waals surface area contributed by atoms with E-state index in [9.17, 15) is 4.79 Å². The van der Waals surface area contributed by atoms with Crippen LogP contribution in [0.4, 0.5) is 0 Å². The van der Waals surface area contributed by atoms with Gasteiger partial charge in [-0.1, -0.05) is 19.9 Å². The summed E-state index contributed by atoms with van der Waals surface area (Å²) in [5, 5.41) is 8.53. The summed E-state index contributed by atoms with van der Waals surface area (Å²) in [7, 11) is 1.99.